The Labute approximate surface area is 170 Å². The highest BCUT2D eigenvalue weighted by molar-refractivity contribution is 7.16. The minimum atomic E-state index is -0.906. The van der Waals surface area contributed by atoms with Crippen LogP contribution < -0.4 is 9.64 Å². The lowest BCUT2D eigenvalue weighted by molar-refractivity contribution is -0.132. The number of aliphatic hydroxyl groups excluding tert-OH is 1. The van der Waals surface area contributed by atoms with Gasteiger partial charge in [-0.25, -0.2) is 4.98 Å². The van der Waals surface area contributed by atoms with Gasteiger partial charge in [-0.15, -0.1) is 11.3 Å². The molecule has 1 aliphatic rings. The summed E-state index contributed by atoms with van der Waals surface area (Å²) in [5.41, 5.74) is 1.13. The van der Waals surface area contributed by atoms with Crippen molar-refractivity contribution in [1.29, 1.82) is 0 Å². The molecule has 0 bridgehead atoms. The number of ether oxygens (including phenoxy) is 1. The van der Waals surface area contributed by atoms with Crippen LogP contribution in [0.5, 0.6) is 5.75 Å². The van der Waals surface area contributed by atoms with Crippen molar-refractivity contribution in [3.8, 4) is 5.75 Å². The van der Waals surface area contributed by atoms with Crippen molar-refractivity contribution < 1.29 is 23.8 Å². The summed E-state index contributed by atoms with van der Waals surface area (Å²) in [6.07, 6.45) is 1.46. The van der Waals surface area contributed by atoms with Gasteiger partial charge in [-0.2, -0.15) is 0 Å². The van der Waals surface area contributed by atoms with Crippen LogP contribution >= 0.6 is 11.3 Å². The van der Waals surface area contributed by atoms with Crippen LogP contribution in [0.2, 0.25) is 0 Å². The maximum absolute atomic E-state index is 12.9. The molecule has 3 heterocycles. The number of benzene rings is 1. The third-order valence-electron chi connectivity index (χ3n) is 4.84. The Morgan fingerprint density at radius 2 is 1.93 bits per heavy atom. The molecule has 1 aromatic carbocycles. The van der Waals surface area contributed by atoms with E-state index >= 15 is 0 Å². The second-order valence-corrected chi connectivity index (χ2v) is 7.73. The highest BCUT2D eigenvalue weighted by Gasteiger charge is 2.49. The number of aromatic nitrogens is 1. The molecule has 1 aliphatic heterocycles. The Morgan fingerprint density at radius 1 is 1.21 bits per heavy atom. The Morgan fingerprint density at radius 3 is 2.48 bits per heavy atom. The van der Waals surface area contributed by atoms with Crippen molar-refractivity contribution in [1.82, 2.24) is 4.98 Å². The van der Waals surface area contributed by atoms with Crippen molar-refractivity contribution >= 4 is 33.9 Å². The number of hydrogen-bond donors (Lipinski definition) is 1. The number of hydrogen-bond acceptors (Lipinski definition) is 7. The number of aryl methyl sites for hydroxylation is 2. The number of ketones is 1. The lowest BCUT2D eigenvalue weighted by Gasteiger charge is -2.20. The molecule has 1 amide bonds. The number of carbonyl (C=O) groups is 2. The Kier molecular flexibility index (Phi) is 4.71. The number of methoxy groups -OCH3 is 1. The van der Waals surface area contributed by atoms with Gasteiger partial charge < -0.3 is 14.3 Å². The van der Waals surface area contributed by atoms with Crippen LogP contribution in [-0.2, 0) is 9.59 Å². The van der Waals surface area contributed by atoms with Gasteiger partial charge in [0.05, 0.1) is 24.6 Å². The maximum atomic E-state index is 12.9. The first-order chi connectivity index (χ1) is 13.9. The van der Waals surface area contributed by atoms with Gasteiger partial charge in [0.15, 0.2) is 5.13 Å². The number of thiazole rings is 1. The zero-order valence-corrected chi connectivity index (χ0v) is 16.8. The van der Waals surface area contributed by atoms with Crippen LogP contribution in [0.3, 0.4) is 0 Å². The van der Waals surface area contributed by atoms with Gasteiger partial charge in [-0.05, 0) is 50.2 Å². The molecule has 0 aliphatic carbocycles. The molecular formula is C21H18N2O5S. The smallest absolute Gasteiger partial charge is 0.302 e. The van der Waals surface area contributed by atoms with Crippen molar-refractivity contribution in [2.45, 2.75) is 19.9 Å². The molecule has 4 rings (SSSR count). The Balaban J connectivity index is 1.89. The fraction of sp³-hybridized carbons (Fsp3) is 0.190. The monoisotopic (exact) mass is 410 g/mol. The minimum absolute atomic E-state index is 0.0411. The topological polar surface area (TPSA) is 92.9 Å². The number of aliphatic hydroxyl groups is 1. The predicted octanol–water partition coefficient (Wildman–Crippen LogP) is 3.99. The SMILES string of the molecule is COc1ccc(C(O)=C2C(=O)C(=O)N(c3nc(C)c(C)s3)[C@H]2c2ccco2)cc1. The van der Waals surface area contributed by atoms with Gasteiger partial charge in [0.2, 0.25) is 0 Å². The number of nitrogens with zero attached hydrogens (tertiary/aromatic N) is 2. The number of furan rings is 1. The summed E-state index contributed by atoms with van der Waals surface area (Å²) in [4.78, 5) is 32.5. The highest BCUT2D eigenvalue weighted by Crippen LogP contribution is 2.43. The minimum Gasteiger partial charge on any atom is -0.507 e. The van der Waals surface area contributed by atoms with Crippen LogP contribution in [0, 0.1) is 13.8 Å². The highest BCUT2D eigenvalue weighted by atomic mass is 32.1. The number of anilines is 1. The standard InChI is InChI=1S/C21H18N2O5S/c1-11-12(2)29-21(22-11)23-17(15-5-4-10-28-15)16(19(25)20(23)26)18(24)13-6-8-14(27-3)9-7-13/h4-10,17,24H,1-3H3/t17-/m0/s1. The maximum Gasteiger partial charge on any atom is 0.302 e. The molecule has 0 spiro atoms. The molecule has 2 aromatic heterocycles. The van der Waals surface area contributed by atoms with Crippen molar-refractivity contribution in [2.75, 3.05) is 12.0 Å². The molecule has 29 heavy (non-hydrogen) atoms. The number of carbonyl (C=O) groups excluding carboxylic acids is 2. The van der Waals surface area contributed by atoms with Crippen molar-refractivity contribution in [3.63, 3.8) is 0 Å². The quantitative estimate of drug-likeness (QED) is 0.397. The third-order valence-corrected chi connectivity index (χ3v) is 5.92. The first-order valence-corrected chi connectivity index (χ1v) is 9.67. The number of Topliss-reactive ketones (excluding diaryl/α,β-unsaturated/α-hetero) is 1. The van der Waals surface area contributed by atoms with Gasteiger partial charge in [0, 0.05) is 10.4 Å². The summed E-state index contributed by atoms with van der Waals surface area (Å²) in [7, 11) is 1.54. The van der Waals surface area contributed by atoms with E-state index in [9.17, 15) is 14.7 Å². The average Bonchev–Trinajstić information content (AvgIpc) is 3.42. The number of rotatable bonds is 4. The molecule has 3 aromatic rings. The van der Waals surface area contributed by atoms with E-state index < -0.39 is 17.7 Å². The molecule has 1 atom stereocenters. The molecule has 1 fully saturated rings. The largest absolute Gasteiger partial charge is 0.507 e. The third kappa shape index (κ3) is 3.11. The van der Waals surface area contributed by atoms with Gasteiger partial charge >= 0.3 is 5.91 Å². The van der Waals surface area contributed by atoms with Crippen molar-refractivity contribution in [3.05, 3.63) is 70.1 Å². The first kappa shape index (κ1) is 18.9. The van der Waals surface area contributed by atoms with Gasteiger partial charge in [0.1, 0.15) is 23.3 Å². The van der Waals surface area contributed by atoms with Crippen LogP contribution in [0.1, 0.15) is 27.9 Å². The van der Waals surface area contributed by atoms with Crippen molar-refractivity contribution in [2.24, 2.45) is 0 Å². The van der Waals surface area contributed by atoms with Crippen LogP contribution in [0.25, 0.3) is 5.76 Å². The molecule has 1 N–H and O–H groups in total. The van der Waals surface area contributed by atoms with E-state index in [0.29, 0.717) is 22.2 Å². The summed E-state index contributed by atoms with van der Waals surface area (Å²) < 4.78 is 10.7. The molecule has 0 saturated carbocycles. The van der Waals surface area contributed by atoms with E-state index in [2.05, 4.69) is 4.98 Å². The number of amides is 1. The molecule has 0 radical (unpaired) electrons. The van der Waals surface area contributed by atoms with Gasteiger partial charge in [0.25, 0.3) is 5.78 Å². The van der Waals surface area contributed by atoms with E-state index in [4.69, 9.17) is 9.15 Å². The molecular weight excluding hydrogens is 392 g/mol. The lowest BCUT2D eigenvalue weighted by Crippen LogP contribution is -2.29. The summed E-state index contributed by atoms with van der Waals surface area (Å²) in [5.74, 6) is -0.844. The Hall–Kier alpha value is -3.39. The second kappa shape index (κ2) is 7.21. The van der Waals surface area contributed by atoms with Gasteiger partial charge in [-0.1, -0.05) is 0 Å². The zero-order chi connectivity index (χ0) is 20.7. The second-order valence-electron chi connectivity index (χ2n) is 6.55. The van der Waals surface area contributed by atoms with Gasteiger partial charge in [-0.3, -0.25) is 14.5 Å². The van der Waals surface area contributed by atoms with E-state index in [1.165, 1.54) is 29.6 Å². The van der Waals surface area contributed by atoms with E-state index in [-0.39, 0.29) is 11.3 Å². The van der Waals surface area contributed by atoms with E-state index in [1.807, 2.05) is 13.8 Å². The summed E-state index contributed by atoms with van der Waals surface area (Å²) in [6.45, 7) is 3.73. The fourth-order valence-electron chi connectivity index (χ4n) is 3.21. The Bertz CT molecular complexity index is 1090. The van der Waals surface area contributed by atoms with Crippen LogP contribution in [0.4, 0.5) is 5.13 Å². The molecule has 148 valence electrons. The summed E-state index contributed by atoms with van der Waals surface area (Å²) in [5, 5.41) is 11.3. The first-order valence-electron chi connectivity index (χ1n) is 8.85. The normalized spacial score (nSPS) is 18.4. The predicted molar refractivity (Wildman–Crippen MR) is 108 cm³/mol. The molecule has 0 unspecified atom stereocenters. The fourth-order valence-corrected chi connectivity index (χ4v) is 4.15. The lowest BCUT2D eigenvalue weighted by atomic mass is 9.99. The molecule has 1 saturated heterocycles. The van der Waals surface area contributed by atoms with Crippen LogP contribution in [0.15, 0.2) is 52.7 Å². The summed E-state index contributed by atoms with van der Waals surface area (Å²) in [6, 6.07) is 9.01. The molecule has 8 heteroatoms. The average molecular weight is 410 g/mol. The van der Waals surface area contributed by atoms with Crippen LogP contribution in [-0.4, -0.2) is 28.9 Å². The summed E-state index contributed by atoms with van der Waals surface area (Å²) >= 11 is 1.31. The van der Waals surface area contributed by atoms with E-state index in [1.54, 1.807) is 36.4 Å². The molecule has 7 nitrogen and oxygen atoms in total. The van der Waals surface area contributed by atoms with E-state index in [0.717, 1.165) is 10.6 Å². The zero-order valence-electron chi connectivity index (χ0n) is 16.0.